The molecule has 5 rings (SSSR count). The number of aryl methyl sites for hydroxylation is 1. The van der Waals surface area contributed by atoms with Crippen LogP contribution >= 0.6 is 0 Å². The van der Waals surface area contributed by atoms with E-state index in [1.807, 2.05) is 31.2 Å². The van der Waals surface area contributed by atoms with Gasteiger partial charge < -0.3 is 15.0 Å². The fourth-order valence-corrected chi connectivity index (χ4v) is 4.99. The third-order valence-corrected chi connectivity index (χ3v) is 6.87. The first kappa shape index (κ1) is 26.3. The second-order valence-corrected chi connectivity index (χ2v) is 9.53. The fraction of sp³-hybridized carbons (Fsp3) is 0.276. The average molecular weight is 537 g/mol. The Kier molecular flexibility index (Phi) is 7.03. The SMILES string of the molecule is COc1cccc(C2=NC(c3ccc(C(F)(F)F)cc3)C(c3cccc(C)c3)N2C(=O)N2CCNC(=O)C2)c1. The van der Waals surface area contributed by atoms with E-state index in [9.17, 15) is 22.8 Å². The molecule has 0 saturated carbocycles. The molecule has 3 amide bonds. The Labute approximate surface area is 223 Å². The molecule has 0 spiro atoms. The predicted molar refractivity (Wildman–Crippen MR) is 139 cm³/mol. The summed E-state index contributed by atoms with van der Waals surface area (Å²) in [5.41, 5.74) is 2.10. The third-order valence-electron chi connectivity index (χ3n) is 6.87. The van der Waals surface area contributed by atoms with E-state index < -0.39 is 29.9 Å². The summed E-state index contributed by atoms with van der Waals surface area (Å²) in [6, 6.07) is 17.8. The Bertz CT molecular complexity index is 1420. The first-order valence-corrected chi connectivity index (χ1v) is 12.5. The second-order valence-electron chi connectivity index (χ2n) is 9.53. The van der Waals surface area contributed by atoms with Crippen LogP contribution in [0.2, 0.25) is 0 Å². The van der Waals surface area contributed by atoms with Crippen molar-refractivity contribution in [1.29, 1.82) is 0 Å². The number of urea groups is 1. The Balaban J connectivity index is 1.67. The van der Waals surface area contributed by atoms with Gasteiger partial charge in [0.05, 0.1) is 18.7 Å². The third kappa shape index (κ3) is 5.32. The average Bonchev–Trinajstić information content (AvgIpc) is 3.33. The summed E-state index contributed by atoms with van der Waals surface area (Å²) in [5.74, 6) is 0.645. The maximum absolute atomic E-state index is 14.1. The number of halogens is 3. The zero-order valence-electron chi connectivity index (χ0n) is 21.4. The van der Waals surface area contributed by atoms with Crippen molar-refractivity contribution in [3.63, 3.8) is 0 Å². The van der Waals surface area contributed by atoms with Crippen LogP contribution in [0.25, 0.3) is 0 Å². The van der Waals surface area contributed by atoms with Gasteiger partial charge in [0.15, 0.2) is 0 Å². The first-order chi connectivity index (χ1) is 18.7. The van der Waals surface area contributed by atoms with E-state index in [0.717, 1.165) is 23.3 Å². The van der Waals surface area contributed by atoms with Crippen molar-refractivity contribution in [3.05, 3.63) is 101 Å². The zero-order valence-corrected chi connectivity index (χ0v) is 21.4. The van der Waals surface area contributed by atoms with Crippen LogP contribution in [-0.2, 0) is 11.0 Å². The van der Waals surface area contributed by atoms with Crippen LogP contribution in [0.15, 0.2) is 77.8 Å². The number of benzene rings is 3. The summed E-state index contributed by atoms with van der Waals surface area (Å²) in [6.07, 6.45) is -4.48. The minimum absolute atomic E-state index is 0.105. The maximum atomic E-state index is 14.1. The number of piperazine rings is 1. The highest BCUT2D eigenvalue weighted by Crippen LogP contribution is 2.45. The first-order valence-electron chi connectivity index (χ1n) is 12.5. The molecule has 7 nitrogen and oxygen atoms in total. The summed E-state index contributed by atoms with van der Waals surface area (Å²) in [7, 11) is 1.53. The van der Waals surface area contributed by atoms with Crippen LogP contribution in [0.4, 0.5) is 18.0 Å². The molecule has 2 unspecified atom stereocenters. The summed E-state index contributed by atoms with van der Waals surface area (Å²) >= 11 is 0. The molecule has 2 aliphatic rings. The monoisotopic (exact) mass is 536 g/mol. The maximum Gasteiger partial charge on any atom is 0.416 e. The molecule has 202 valence electrons. The lowest BCUT2D eigenvalue weighted by molar-refractivity contribution is -0.137. The molecule has 2 aliphatic heterocycles. The van der Waals surface area contributed by atoms with Gasteiger partial charge in [0, 0.05) is 18.7 Å². The van der Waals surface area contributed by atoms with Gasteiger partial charge in [0.25, 0.3) is 0 Å². The lowest BCUT2D eigenvalue weighted by Gasteiger charge is -2.35. The number of carbonyl (C=O) groups excluding carboxylic acids is 2. The number of carbonyl (C=O) groups is 2. The molecule has 2 atom stereocenters. The number of hydrogen-bond acceptors (Lipinski definition) is 4. The van der Waals surface area contributed by atoms with E-state index in [4.69, 9.17) is 9.73 Å². The molecule has 3 aromatic carbocycles. The van der Waals surface area contributed by atoms with Crippen LogP contribution in [0.3, 0.4) is 0 Å². The number of hydrogen-bond donors (Lipinski definition) is 1. The minimum Gasteiger partial charge on any atom is -0.497 e. The van der Waals surface area contributed by atoms with Crippen molar-refractivity contribution in [3.8, 4) is 5.75 Å². The van der Waals surface area contributed by atoms with Gasteiger partial charge in [-0.25, -0.2) is 4.79 Å². The van der Waals surface area contributed by atoms with Gasteiger partial charge in [0.1, 0.15) is 24.2 Å². The van der Waals surface area contributed by atoms with E-state index in [1.54, 1.807) is 29.2 Å². The molecular weight excluding hydrogens is 509 g/mol. The van der Waals surface area contributed by atoms with Crippen LogP contribution in [-0.4, -0.2) is 54.3 Å². The van der Waals surface area contributed by atoms with Gasteiger partial charge >= 0.3 is 12.2 Å². The van der Waals surface area contributed by atoms with Crippen molar-refractivity contribution in [2.75, 3.05) is 26.7 Å². The smallest absolute Gasteiger partial charge is 0.416 e. The molecule has 1 N–H and O–H groups in total. The van der Waals surface area contributed by atoms with E-state index in [0.29, 0.717) is 35.8 Å². The number of methoxy groups -OCH3 is 1. The molecule has 39 heavy (non-hydrogen) atoms. The quantitative estimate of drug-likeness (QED) is 0.503. The molecular formula is C29H27F3N4O3. The van der Waals surface area contributed by atoms with Crippen LogP contribution < -0.4 is 10.1 Å². The Hall–Kier alpha value is -4.34. The van der Waals surface area contributed by atoms with E-state index in [2.05, 4.69) is 5.32 Å². The Morgan fingerprint density at radius 1 is 1.03 bits per heavy atom. The standard InChI is InChI=1S/C29H27F3N4O3/c1-18-5-3-6-20(15-18)26-25(19-9-11-22(12-10-19)29(30,31)32)34-27(21-7-4-8-23(16-21)39-2)36(26)28(38)35-14-13-33-24(37)17-35/h3-12,15-16,25-26H,13-14,17H2,1-2H3,(H,33,37). The number of amidine groups is 1. The fourth-order valence-electron chi connectivity index (χ4n) is 4.99. The molecule has 0 aliphatic carbocycles. The highest BCUT2D eigenvalue weighted by atomic mass is 19.4. The van der Waals surface area contributed by atoms with E-state index >= 15 is 0 Å². The van der Waals surface area contributed by atoms with Gasteiger partial charge in [0.2, 0.25) is 5.91 Å². The molecule has 3 aromatic rings. The molecule has 2 heterocycles. The van der Waals surface area contributed by atoms with Crippen molar-refractivity contribution in [1.82, 2.24) is 15.1 Å². The number of rotatable bonds is 4. The highest BCUT2D eigenvalue weighted by Gasteiger charge is 2.44. The molecule has 10 heteroatoms. The number of amides is 3. The Morgan fingerprint density at radius 3 is 2.44 bits per heavy atom. The molecule has 1 saturated heterocycles. The number of aliphatic imine (C=N–C) groups is 1. The van der Waals surface area contributed by atoms with Gasteiger partial charge in [-0.1, -0.05) is 54.1 Å². The molecule has 0 radical (unpaired) electrons. The zero-order chi connectivity index (χ0) is 27.7. The minimum atomic E-state index is -4.48. The predicted octanol–water partition coefficient (Wildman–Crippen LogP) is 5.12. The Morgan fingerprint density at radius 2 is 1.77 bits per heavy atom. The van der Waals surface area contributed by atoms with Crippen molar-refractivity contribution >= 4 is 17.8 Å². The molecule has 0 bridgehead atoms. The molecule has 1 fully saturated rings. The van der Waals surface area contributed by atoms with Crippen LogP contribution in [0.5, 0.6) is 5.75 Å². The topological polar surface area (TPSA) is 74.2 Å². The van der Waals surface area contributed by atoms with Gasteiger partial charge in [-0.15, -0.1) is 0 Å². The van der Waals surface area contributed by atoms with Crippen LogP contribution in [0, 0.1) is 6.92 Å². The number of alkyl halides is 3. The summed E-state index contributed by atoms with van der Waals surface area (Å²) in [4.78, 5) is 34.3. The van der Waals surface area contributed by atoms with Crippen molar-refractivity contribution in [2.24, 2.45) is 4.99 Å². The summed E-state index contributed by atoms with van der Waals surface area (Å²) in [6.45, 7) is 2.46. The lowest BCUT2D eigenvalue weighted by Crippen LogP contribution is -2.55. The van der Waals surface area contributed by atoms with Crippen LogP contribution in [0.1, 0.15) is 39.9 Å². The number of nitrogens with zero attached hydrogens (tertiary/aromatic N) is 3. The summed E-state index contributed by atoms with van der Waals surface area (Å²) in [5, 5.41) is 2.73. The van der Waals surface area contributed by atoms with Gasteiger partial charge in [-0.05, 0) is 42.3 Å². The van der Waals surface area contributed by atoms with E-state index in [-0.39, 0.29) is 12.5 Å². The summed E-state index contributed by atoms with van der Waals surface area (Å²) < 4.78 is 45.3. The van der Waals surface area contributed by atoms with Gasteiger partial charge in [-0.2, -0.15) is 13.2 Å². The van der Waals surface area contributed by atoms with E-state index in [1.165, 1.54) is 24.1 Å². The number of ether oxygens (including phenoxy) is 1. The van der Waals surface area contributed by atoms with Gasteiger partial charge in [-0.3, -0.25) is 14.7 Å². The van der Waals surface area contributed by atoms with Crippen molar-refractivity contribution < 1.29 is 27.5 Å². The highest BCUT2D eigenvalue weighted by molar-refractivity contribution is 6.10. The van der Waals surface area contributed by atoms with Crippen molar-refractivity contribution in [2.45, 2.75) is 25.2 Å². The lowest BCUT2D eigenvalue weighted by atomic mass is 9.92. The number of nitrogens with one attached hydrogen (secondary N) is 1. The normalized spacial score (nSPS) is 19.5. The largest absolute Gasteiger partial charge is 0.497 e. The molecule has 0 aromatic heterocycles. The second kappa shape index (κ2) is 10.4.